The lowest BCUT2D eigenvalue weighted by molar-refractivity contribution is 0.165. The Morgan fingerprint density at radius 3 is 2.71 bits per heavy atom. The standard InChI is InChI=1S/C9H9N4O/c14-7-9-10-11-12-13(9)6-8-4-2-1-3-5-8/h1-5H,6-7H2. The zero-order valence-electron chi connectivity index (χ0n) is 7.50. The van der Waals surface area contributed by atoms with Crippen molar-refractivity contribution < 1.29 is 5.11 Å². The topological polar surface area (TPSA) is 63.5 Å². The summed E-state index contributed by atoms with van der Waals surface area (Å²) >= 11 is 0. The van der Waals surface area contributed by atoms with Crippen LogP contribution < -0.4 is 0 Å². The van der Waals surface area contributed by atoms with Crippen molar-refractivity contribution in [1.29, 1.82) is 0 Å². The minimum absolute atomic E-state index is 0.369. The van der Waals surface area contributed by atoms with E-state index in [0.29, 0.717) is 12.4 Å². The molecule has 0 aliphatic carbocycles. The van der Waals surface area contributed by atoms with Crippen molar-refractivity contribution >= 4 is 0 Å². The van der Waals surface area contributed by atoms with Gasteiger partial charge in [0, 0.05) is 0 Å². The highest BCUT2D eigenvalue weighted by atomic mass is 16.3. The Balaban J connectivity index is 2.19. The second kappa shape index (κ2) is 3.97. The number of benzene rings is 1. The second-order valence-corrected chi connectivity index (χ2v) is 2.88. The van der Waals surface area contributed by atoms with Crippen LogP contribution in [0.1, 0.15) is 11.4 Å². The molecule has 1 aromatic heterocycles. The first-order valence-electron chi connectivity index (χ1n) is 4.27. The van der Waals surface area contributed by atoms with E-state index in [2.05, 4.69) is 15.5 Å². The summed E-state index contributed by atoms with van der Waals surface area (Å²) < 4.78 is 1.52. The maximum atomic E-state index is 10.6. The van der Waals surface area contributed by atoms with Gasteiger partial charge in [-0.05, 0) is 16.0 Å². The highest BCUT2D eigenvalue weighted by Crippen LogP contribution is 2.02. The Labute approximate surface area is 81.0 Å². The maximum Gasteiger partial charge on any atom is 0.180 e. The molecule has 0 bridgehead atoms. The van der Waals surface area contributed by atoms with Crippen LogP contribution in [0.4, 0.5) is 0 Å². The monoisotopic (exact) mass is 189 g/mol. The van der Waals surface area contributed by atoms with Gasteiger partial charge in [-0.25, -0.2) is 9.79 Å². The van der Waals surface area contributed by atoms with Crippen molar-refractivity contribution in [3.63, 3.8) is 0 Å². The van der Waals surface area contributed by atoms with Gasteiger partial charge in [-0.2, -0.15) is 0 Å². The Morgan fingerprint density at radius 1 is 1.21 bits per heavy atom. The average molecular weight is 189 g/mol. The van der Waals surface area contributed by atoms with Crippen molar-refractivity contribution in [2.45, 2.75) is 13.2 Å². The summed E-state index contributed by atoms with van der Waals surface area (Å²) in [5, 5.41) is 21.5. The minimum Gasteiger partial charge on any atom is -0.228 e. The van der Waals surface area contributed by atoms with Gasteiger partial charge in [0.25, 0.3) is 0 Å². The fourth-order valence-electron chi connectivity index (χ4n) is 1.21. The predicted octanol–water partition coefficient (Wildman–Crippen LogP) is 0.652. The van der Waals surface area contributed by atoms with Gasteiger partial charge in [-0.15, -0.1) is 5.10 Å². The molecule has 0 unspecified atom stereocenters. The van der Waals surface area contributed by atoms with E-state index in [1.165, 1.54) is 4.68 Å². The third-order valence-electron chi connectivity index (χ3n) is 1.91. The molecular weight excluding hydrogens is 180 g/mol. The molecule has 2 aromatic rings. The first-order chi connectivity index (χ1) is 6.90. The van der Waals surface area contributed by atoms with Gasteiger partial charge in [-0.1, -0.05) is 30.3 Å². The molecule has 0 N–H and O–H groups in total. The lowest BCUT2D eigenvalue weighted by Crippen LogP contribution is -2.06. The second-order valence-electron chi connectivity index (χ2n) is 2.88. The van der Waals surface area contributed by atoms with Crippen LogP contribution in [0.15, 0.2) is 30.3 Å². The molecule has 0 aliphatic heterocycles. The molecule has 5 nitrogen and oxygen atoms in total. The lowest BCUT2D eigenvalue weighted by Gasteiger charge is -2.01. The van der Waals surface area contributed by atoms with Gasteiger partial charge < -0.3 is 0 Å². The van der Waals surface area contributed by atoms with Crippen LogP contribution in [0, 0.1) is 0 Å². The van der Waals surface area contributed by atoms with E-state index in [1.807, 2.05) is 30.3 Å². The van der Waals surface area contributed by atoms with Crippen LogP contribution in [0.3, 0.4) is 0 Å². The summed E-state index contributed by atoms with van der Waals surface area (Å²) in [7, 11) is 0. The van der Waals surface area contributed by atoms with E-state index in [0.717, 1.165) is 5.56 Å². The van der Waals surface area contributed by atoms with Gasteiger partial charge >= 0.3 is 0 Å². The van der Waals surface area contributed by atoms with Gasteiger partial charge in [0.05, 0.1) is 6.54 Å². The SMILES string of the molecule is [O]Cc1nnnn1Cc1ccccc1. The van der Waals surface area contributed by atoms with Crippen molar-refractivity contribution in [2.75, 3.05) is 0 Å². The molecule has 14 heavy (non-hydrogen) atoms. The number of nitrogens with zero attached hydrogens (tertiary/aromatic N) is 4. The normalized spacial score (nSPS) is 10.4. The fraction of sp³-hybridized carbons (Fsp3) is 0.222. The summed E-state index contributed by atoms with van der Waals surface area (Å²) in [5.41, 5.74) is 1.08. The smallest absolute Gasteiger partial charge is 0.180 e. The van der Waals surface area contributed by atoms with E-state index < -0.39 is 0 Å². The maximum absolute atomic E-state index is 10.6. The molecule has 0 fully saturated rings. The minimum atomic E-state index is -0.389. The molecule has 0 saturated heterocycles. The number of tetrazole rings is 1. The van der Waals surface area contributed by atoms with E-state index in [4.69, 9.17) is 0 Å². The molecule has 0 amide bonds. The Morgan fingerprint density at radius 2 is 2.00 bits per heavy atom. The van der Waals surface area contributed by atoms with Crippen LogP contribution in [-0.2, 0) is 18.3 Å². The van der Waals surface area contributed by atoms with E-state index in [9.17, 15) is 5.11 Å². The van der Waals surface area contributed by atoms with Crippen LogP contribution in [-0.4, -0.2) is 20.2 Å². The van der Waals surface area contributed by atoms with Crippen molar-refractivity contribution in [3.8, 4) is 0 Å². The fourth-order valence-corrected chi connectivity index (χ4v) is 1.21. The quantitative estimate of drug-likeness (QED) is 0.712. The zero-order valence-corrected chi connectivity index (χ0v) is 7.50. The Bertz CT molecular complexity index is 398. The van der Waals surface area contributed by atoms with Crippen molar-refractivity contribution in [3.05, 3.63) is 41.7 Å². The van der Waals surface area contributed by atoms with Gasteiger partial charge in [-0.3, -0.25) is 0 Å². The number of hydrogen-bond acceptors (Lipinski definition) is 3. The molecule has 1 aromatic carbocycles. The summed E-state index contributed by atoms with van der Waals surface area (Å²) in [5.74, 6) is 0.369. The van der Waals surface area contributed by atoms with Crippen molar-refractivity contribution in [1.82, 2.24) is 20.2 Å². The lowest BCUT2D eigenvalue weighted by atomic mass is 10.2. The highest BCUT2D eigenvalue weighted by molar-refractivity contribution is 5.14. The van der Waals surface area contributed by atoms with Gasteiger partial charge in [0.1, 0.15) is 6.61 Å². The first-order valence-corrected chi connectivity index (χ1v) is 4.27. The summed E-state index contributed by atoms with van der Waals surface area (Å²) in [4.78, 5) is 0. The van der Waals surface area contributed by atoms with Gasteiger partial charge in [0.2, 0.25) is 0 Å². The van der Waals surface area contributed by atoms with Gasteiger partial charge in [0.15, 0.2) is 5.82 Å². The number of aromatic nitrogens is 4. The Kier molecular flexibility index (Phi) is 2.51. The molecular formula is C9H9N4O. The van der Waals surface area contributed by atoms with Crippen LogP contribution in [0.25, 0.3) is 0 Å². The number of hydrogen-bond donors (Lipinski definition) is 0. The predicted molar refractivity (Wildman–Crippen MR) is 47.8 cm³/mol. The summed E-state index contributed by atoms with van der Waals surface area (Å²) in [6.07, 6.45) is 0. The molecule has 2 rings (SSSR count). The van der Waals surface area contributed by atoms with E-state index in [1.54, 1.807) is 0 Å². The summed E-state index contributed by atoms with van der Waals surface area (Å²) in [6, 6.07) is 9.76. The third kappa shape index (κ3) is 1.77. The molecule has 0 atom stereocenters. The molecule has 0 aliphatic rings. The molecule has 0 saturated carbocycles. The first kappa shape index (κ1) is 8.83. The average Bonchev–Trinajstić information content (AvgIpc) is 2.67. The highest BCUT2D eigenvalue weighted by Gasteiger charge is 2.04. The number of rotatable bonds is 3. The van der Waals surface area contributed by atoms with Crippen molar-refractivity contribution in [2.24, 2.45) is 0 Å². The zero-order chi connectivity index (χ0) is 9.80. The molecule has 71 valence electrons. The molecule has 1 radical (unpaired) electrons. The van der Waals surface area contributed by atoms with Crippen LogP contribution >= 0.6 is 0 Å². The molecule has 1 heterocycles. The van der Waals surface area contributed by atoms with E-state index in [-0.39, 0.29) is 6.61 Å². The van der Waals surface area contributed by atoms with Crippen LogP contribution in [0.2, 0.25) is 0 Å². The van der Waals surface area contributed by atoms with E-state index >= 15 is 0 Å². The third-order valence-corrected chi connectivity index (χ3v) is 1.91. The van der Waals surface area contributed by atoms with Crippen LogP contribution in [0.5, 0.6) is 0 Å². The Hall–Kier alpha value is -1.75. The molecule has 0 spiro atoms. The molecule has 5 heteroatoms. The largest absolute Gasteiger partial charge is 0.228 e. The summed E-state index contributed by atoms with van der Waals surface area (Å²) in [6.45, 7) is 0.158.